The predicted octanol–water partition coefficient (Wildman–Crippen LogP) is 2.49. The Morgan fingerprint density at radius 1 is 0.833 bits per heavy atom. The molecule has 3 rings (SSSR count). The summed E-state index contributed by atoms with van der Waals surface area (Å²) in [7, 11) is 0. The lowest BCUT2D eigenvalue weighted by Crippen LogP contribution is -2.19. The van der Waals surface area contributed by atoms with Crippen LogP contribution in [0.1, 0.15) is 20.7 Å². The van der Waals surface area contributed by atoms with E-state index in [0.717, 1.165) is 0 Å². The Balaban J connectivity index is 1.97. The van der Waals surface area contributed by atoms with Gasteiger partial charge in [0, 0.05) is 12.4 Å². The van der Waals surface area contributed by atoms with Crippen molar-refractivity contribution < 1.29 is 9.59 Å². The molecule has 2 amide bonds. The summed E-state index contributed by atoms with van der Waals surface area (Å²) in [4.78, 5) is 32.6. The maximum Gasteiger partial charge on any atom is 0.257 e. The van der Waals surface area contributed by atoms with Gasteiger partial charge in [0.25, 0.3) is 11.8 Å². The number of nitrogens with two attached hydrogens (primary N) is 1. The number of benzene rings is 1. The van der Waals surface area contributed by atoms with E-state index in [1.165, 1.54) is 0 Å². The topological polar surface area (TPSA) is 98.0 Å². The van der Waals surface area contributed by atoms with Crippen molar-refractivity contribution in [1.29, 1.82) is 0 Å². The zero-order chi connectivity index (χ0) is 16.9. The third-order valence-corrected chi connectivity index (χ3v) is 3.40. The molecule has 0 aliphatic heterocycles. The number of amides is 2. The summed E-state index contributed by atoms with van der Waals surface area (Å²) in [6.45, 7) is 0. The second-order valence-electron chi connectivity index (χ2n) is 4.98. The molecule has 0 atom stereocenters. The lowest BCUT2D eigenvalue weighted by molar-refractivity contribution is 0.100. The highest BCUT2D eigenvalue weighted by molar-refractivity contribution is 6.10. The van der Waals surface area contributed by atoms with Crippen LogP contribution < -0.4 is 11.1 Å². The van der Waals surface area contributed by atoms with E-state index in [4.69, 9.17) is 5.73 Å². The van der Waals surface area contributed by atoms with Gasteiger partial charge in [0.05, 0.1) is 22.5 Å². The van der Waals surface area contributed by atoms with Crippen LogP contribution in [0.15, 0.2) is 67.0 Å². The molecular formula is C18H14N4O2. The number of nitrogens with one attached hydrogen (secondary N) is 1. The normalized spacial score (nSPS) is 10.2. The number of carbonyl (C=O) groups is 2. The van der Waals surface area contributed by atoms with Crippen molar-refractivity contribution in [2.45, 2.75) is 0 Å². The third-order valence-electron chi connectivity index (χ3n) is 3.40. The van der Waals surface area contributed by atoms with Crippen LogP contribution >= 0.6 is 0 Å². The maximum atomic E-state index is 12.7. The molecule has 2 heterocycles. The highest BCUT2D eigenvalue weighted by atomic mass is 16.2. The van der Waals surface area contributed by atoms with Gasteiger partial charge in [-0.2, -0.15) is 0 Å². The van der Waals surface area contributed by atoms with Crippen molar-refractivity contribution in [2.24, 2.45) is 5.73 Å². The second kappa shape index (κ2) is 6.70. The number of rotatable bonds is 4. The molecule has 0 spiro atoms. The fraction of sp³-hybridized carbons (Fsp3) is 0. The van der Waals surface area contributed by atoms with Crippen molar-refractivity contribution in [1.82, 2.24) is 9.97 Å². The van der Waals surface area contributed by atoms with Gasteiger partial charge in [0.1, 0.15) is 5.69 Å². The molecule has 0 unspecified atom stereocenters. The number of nitrogens with zero attached hydrogens (tertiary/aromatic N) is 2. The van der Waals surface area contributed by atoms with Crippen LogP contribution in [0.5, 0.6) is 0 Å². The van der Waals surface area contributed by atoms with E-state index in [-0.39, 0.29) is 5.56 Å². The molecule has 1 aromatic carbocycles. The monoisotopic (exact) mass is 318 g/mol. The van der Waals surface area contributed by atoms with Crippen LogP contribution in [0.25, 0.3) is 11.4 Å². The van der Waals surface area contributed by atoms with E-state index in [2.05, 4.69) is 15.3 Å². The summed E-state index contributed by atoms with van der Waals surface area (Å²) in [6, 6.07) is 15.3. The smallest absolute Gasteiger partial charge is 0.257 e. The quantitative estimate of drug-likeness (QED) is 0.772. The molecule has 0 fully saturated rings. The van der Waals surface area contributed by atoms with Gasteiger partial charge in [-0.25, -0.2) is 0 Å². The van der Waals surface area contributed by atoms with E-state index in [1.54, 1.807) is 60.9 Å². The maximum absolute atomic E-state index is 12.7. The van der Waals surface area contributed by atoms with Gasteiger partial charge in [-0.3, -0.25) is 19.6 Å². The summed E-state index contributed by atoms with van der Waals surface area (Å²) < 4.78 is 0. The van der Waals surface area contributed by atoms with Gasteiger partial charge in [0.15, 0.2) is 0 Å². The number of aromatic nitrogens is 2. The lowest BCUT2D eigenvalue weighted by atomic mass is 10.1. The van der Waals surface area contributed by atoms with Gasteiger partial charge in [0.2, 0.25) is 0 Å². The summed E-state index contributed by atoms with van der Waals surface area (Å²) in [6.07, 6.45) is 3.23. The highest BCUT2D eigenvalue weighted by Crippen LogP contribution is 2.21. The summed E-state index contributed by atoms with van der Waals surface area (Å²) in [5, 5.41) is 2.71. The molecule has 6 nitrogen and oxygen atoms in total. The van der Waals surface area contributed by atoms with E-state index < -0.39 is 11.8 Å². The molecule has 2 aromatic heterocycles. The molecule has 3 N–H and O–H groups in total. The number of pyridine rings is 2. The van der Waals surface area contributed by atoms with E-state index in [9.17, 15) is 9.59 Å². The fourth-order valence-corrected chi connectivity index (χ4v) is 2.29. The largest absolute Gasteiger partial charge is 0.366 e. The minimum atomic E-state index is -0.609. The highest BCUT2D eigenvalue weighted by Gasteiger charge is 2.16. The summed E-state index contributed by atoms with van der Waals surface area (Å²) >= 11 is 0. The number of primary amides is 1. The Hall–Kier alpha value is -3.54. The van der Waals surface area contributed by atoms with Crippen LogP contribution in [-0.4, -0.2) is 21.8 Å². The Morgan fingerprint density at radius 3 is 2.29 bits per heavy atom. The van der Waals surface area contributed by atoms with Crippen molar-refractivity contribution in [3.05, 3.63) is 78.1 Å². The Morgan fingerprint density at radius 2 is 1.54 bits per heavy atom. The van der Waals surface area contributed by atoms with Gasteiger partial charge in [-0.1, -0.05) is 18.2 Å². The molecular weight excluding hydrogens is 304 g/mol. The van der Waals surface area contributed by atoms with Gasteiger partial charge in [-0.15, -0.1) is 0 Å². The number of hydrogen-bond acceptors (Lipinski definition) is 4. The minimum absolute atomic E-state index is 0.245. The molecule has 118 valence electrons. The van der Waals surface area contributed by atoms with Crippen molar-refractivity contribution in [2.75, 3.05) is 5.32 Å². The van der Waals surface area contributed by atoms with Crippen LogP contribution in [0.4, 0.5) is 5.69 Å². The Labute approximate surface area is 138 Å². The first-order valence-corrected chi connectivity index (χ1v) is 7.23. The van der Waals surface area contributed by atoms with Gasteiger partial charge in [-0.05, 0) is 36.4 Å². The molecule has 3 aromatic rings. The SMILES string of the molecule is NC(=O)c1ccccc1NC(=O)c1cccnc1-c1ccccn1. The molecule has 0 aliphatic carbocycles. The third kappa shape index (κ3) is 3.12. The van der Waals surface area contributed by atoms with Gasteiger partial charge >= 0.3 is 0 Å². The first kappa shape index (κ1) is 15.4. The van der Waals surface area contributed by atoms with Crippen molar-refractivity contribution >= 4 is 17.5 Å². The predicted molar refractivity (Wildman–Crippen MR) is 90.4 cm³/mol. The van der Waals surface area contributed by atoms with Crippen molar-refractivity contribution in [3.63, 3.8) is 0 Å². The first-order chi connectivity index (χ1) is 11.7. The molecule has 24 heavy (non-hydrogen) atoms. The molecule has 0 saturated carbocycles. The lowest BCUT2D eigenvalue weighted by Gasteiger charge is -2.11. The zero-order valence-corrected chi connectivity index (χ0v) is 12.6. The van der Waals surface area contributed by atoms with Crippen LogP contribution in [-0.2, 0) is 0 Å². The van der Waals surface area contributed by atoms with Crippen molar-refractivity contribution in [3.8, 4) is 11.4 Å². The number of hydrogen-bond donors (Lipinski definition) is 2. The average molecular weight is 318 g/mol. The molecule has 0 bridgehead atoms. The van der Waals surface area contributed by atoms with Crippen LogP contribution in [0.3, 0.4) is 0 Å². The second-order valence-corrected chi connectivity index (χ2v) is 4.98. The molecule has 0 radical (unpaired) electrons. The Bertz CT molecular complexity index is 894. The first-order valence-electron chi connectivity index (χ1n) is 7.23. The van der Waals surface area contributed by atoms with Crippen LogP contribution in [0, 0.1) is 0 Å². The van der Waals surface area contributed by atoms with E-state index >= 15 is 0 Å². The van der Waals surface area contributed by atoms with Gasteiger partial charge < -0.3 is 11.1 Å². The molecule has 0 aliphatic rings. The number of para-hydroxylation sites is 1. The standard InChI is InChI=1S/C18H14N4O2/c19-17(23)12-6-1-2-8-14(12)22-18(24)13-7-5-11-21-16(13)15-9-3-4-10-20-15/h1-11H,(H2,19,23)(H,22,24). The molecule has 0 saturated heterocycles. The van der Waals surface area contributed by atoms with E-state index in [1.807, 2.05) is 6.07 Å². The molecule has 6 heteroatoms. The summed E-state index contributed by atoms with van der Waals surface area (Å²) in [5.41, 5.74) is 7.35. The number of anilines is 1. The zero-order valence-electron chi connectivity index (χ0n) is 12.6. The van der Waals surface area contributed by atoms with Crippen LogP contribution in [0.2, 0.25) is 0 Å². The van der Waals surface area contributed by atoms with E-state index in [0.29, 0.717) is 22.6 Å². The summed E-state index contributed by atoms with van der Waals surface area (Å²) in [5.74, 6) is -1.00. The average Bonchev–Trinajstić information content (AvgIpc) is 2.62. The Kier molecular flexibility index (Phi) is 4.29. The number of carbonyl (C=O) groups excluding carboxylic acids is 2. The fourth-order valence-electron chi connectivity index (χ4n) is 2.29. The minimum Gasteiger partial charge on any atom is -0.366 e.